The molecule has 0 radical (unpaired) electrons. The van der Waals surface area contributed by atoms with Crippen molar-refractivity contribution < 1.29 is 18.5 Å². The molecule has 2 aromatic rings. The van der Waals surface area contributed by atoms with Gasteiger partial charge >= 0.3 is 0 Å². The lowest BCUT2D eigenvalue weighted by Gasteiger charge is -2.35. The predicted octanol–water partition coefficient (Wildman–Crippen LogP) is 2.51. The third kappa shape index (κ3) is 5.46. The number of aliphatic imine (C=N–C) groups is 1. The Bertz CT molecular complexity index is 971. The number of nitrogens with zero attached hydrogens (tertiary/aromatic N) is 4. The Morgan fingerprint density at radius 1 is 1.19 bits per heavy atom. The summed E-state index contributed by atoms with van der Waals surface area (Å²) in [6.45, 7) is 4.58. The average Bonchev–Trinajstić information content (AvgIpc) is 3.16. The number of carbonyl (C=O) groups excluding carboxylic acids is 2. The van der Waals surface area contributed by atoms with E-state index in [1.54, 1.807) is 6.07 Å². The second-order valence-corrected chi connectivity index (χ2v) is 8.42. The van der Waals surface area contributed by atoms with Crippen LogP contribution < -0.4 is 10.6 Å². The maximum absolute atomic E-state index is 13.6. The molecule has 1 saturated carbocycles. The van der Waals surface area contributed by atoms with Crippen LogP contribution in [-0.2, 0) is 9.59 Å². The third-order valence-electron chi connectivity index (χ3n) is 6.23. The number of hydrogen-bond donors (Lipinski definition) is 1. The fraction of sp³-hybridized carbons (Fsp3) is 0.545. The summed E-state index contributed by atoms with van der Waals surface area (Å²) in [5, 5.41) is 4.88. The molecule has 2 amide bonds. The fourth-order valence-corrected chi connectivity index (χ4v) is 4.45. The molecular formula is C22H28FN5O3. The van der Waals surface area contributed by atoms with E-state index in [0.717, 1.165) is 81.7 Å². The van der Waals surface area contributed by atoms with Crippen LogP contribution in [0.3, 0.4) is 0 Å². The SMILES string of the molecule is NC(=O)CC(=O)N=C1CCC(CCN2CCN(c3noc4ccc(F)cc34)CC2)CC1. The number of amides is 2. The van der Waals surface area contributed by atoms with Gasteiger partial charge in [0.25, 0.3) is 5.91 Å². The molecule has 2 aliphatic rings. The Balaban J connectivity index is 1.21. The predicted molar refractivity (Wildman–Crippen MR) is 115 cm³/mol. The van der Waals surface area contributed by atoms with Gasteiger partial charge in [0.15, 0.2) is 11.4 Å². The van der Waals surface area contributed by atoms with E-state index in [0.29, 0.717) is 11.5 Å². The maximum atomic E-state index is 13.6. The number of halogens is 1. The van der Waals surface area contributed by atoms with E-state index in [4.69, 9.17) is 10.3 Å². The molecule has 0 unspecified atom stereocenters. The average molecular weight is 429 g/mol. The minimum atomic E-state index is -0.632. The first-order chi connectivity index (χ1) is 15.0. The molecule has 8 nitrogen and oxygen atoms in total. The van der Waals surface area contributed by atoms with E-state index in [2.05, 4.69) is 19.9 Å². The molecule has 4 rings (SSSR count). The fourth-order valence-electron chi connectivity index (χ4n) is 4.45. The highest BCUT2D eigenvalue weighted by molar-refractivity contribution is 6.03. The summed E-state index contributed by atoms with van der Waals surface area (Å²) in [6, 6.07) is 4.48. The van der Waals surface area contributed by atoms with Crippen LogP contribution in [0.1, 0.15) is 38.5 Å². The molecule has 1 aliphatic carbocycles. The topological polar surface area (TPSA) is 105 Å². The molecule has 2 fully saturated rings. The molecule has 1 saturated heterocycles. The van der Waals surface area contributed by atoms with Crippen LogP contribution in [0.15, 0.2) is 27.7 Å². The quantitative estimate of drug-likeness (QED) is 0.708. The first kappa shape index (κ1) is 21.4. The van der Waals surface area contributed by atoms with E-state index in [1.165, 1.54) is 12.1 Å². The summed E-state index contributed by atoms with van der Waals surface area (Å²) in [4.78, 5) is 31.1. The summed E-state index contributed by atoms with van der Waals surface area (Å²) in [5.74, 6) is 0.00630. The number of carbonyl (C=O) groups is 2. The first-order valence-corrected chi connectivity index (χ1v) is 10.9. The second kappa shape index (κ2) is 9.55. The van der Waals surface area contributed by atoms with Crippen LogP contribution in [0.2, 0.25) is 0 Å². The van der Waals surface area contributed by atoms with Gasteiger partial charge in [-0.05, 0) is 62.8 Å². The van der Waals surface area contributed by atoms with Crippen molar-refractivity contribution in [3.05, 3.63) is 24.0 Å². The Morgan fingerprint density at radius 3 is 2.65 bits per heavy atom. The number of fused-ring (bicyclic) bond motifs is 1. The molecule has 1 aromatic carbocycles. The maximum Gasteiger partial charge on any atom is 0.255 e. The van der Waals surface area contributed by atoms with Crippen molar-refractivity contribution in [2.45, 2.75) is 38.5 Å². The van der Waals surface area contributed by atoms with Gasteiger partial charge in [0, 0.05) is 31.9 Å². The Morgan fingerprint density at radius 2 is 1.94 bits per heavy atom. The first-order valence-electron chi connectivity index (χ1n) is 10.9. The molecule has 1 aliphatic heterocycles. The lowest BCUT2D eigenvalue weighted by atomic mass is 9.85. The summed E-state index contributed by atoms with van der Waals surface area (Å²) in [5.41, 5.74) is 6.54. The molecule has 1 aromatic heterocycles. The van der Waals surface area contributed by atoms with Crippen molar-refractivity contribution in [2.24, 2.45) is 16.6 Å². The van der Waals surface area contributed by atoms with Crippen molar-refractivity contribution in [3.8, 4) is 0 Å². The van der Waals surface area contributed by atoms with Crippen molar-refractivity contribution in [1.29, 1.82) is 0 Å². The molecule has 2 heterocycles. The standard InChI is InChI=1S/C22H28FN5O3/c23-16-3-6-19-18(13-16)22(26-31-19)28-11-9-27(10-12-28)8-7-15-1-4-17(5-2-15)25-21(30)14-20(24)29/h3,6,13,15H,1-2,4-5,7-12,14H2,(H2,24,29). The molecular weight excluding hydrogens is 401 g/mol. The van der Waals surface area contributed by atoms with Crippen LogP contribution >= 0.6 is 0 Å². The van der Waals surface area contributed by atoms with Gasteiger partial charge in [0.05, 0.1) is 5.39 Å². The monoisotopic (exact) mass is 429 g/mol. The van der Waals surface area contributed by atoms with E-state index in [9.17, 15) is 14.0 Å². The molecule has 166 valence electrons. The molecule has 2 N–H and O–H groups in total. The van der Waals surface area contributed by atoms with Gasteiger partial charge in [-0.15, -0.1) is 0 Å². The molecule has 9 heteroatoms. The number of hydrogen-bond acceptors (Lipinski definition) is 6. The van der Waals surface area contributed by atoms with Crippen molar-refractivity contribution in [2.75, 3.05) is 37.6 Å². The van der Waals surface area contributed by atoms with Crippen LogP contribution in [0.25, 0.3) is 11.0 Å². The molecule has 0 spiro atoms. The normalized spacial score (nSPS) is 20.2. The summed E-state index contributed by atoms with van der Waals surface area (Å²) in [6.07, 6.45) is 4.51. The largest absolute Gasteiger partial charge is 0.369 e. The number of aromatic nitrogens is 1. The highest BCUT2D eigenvalue weighted by Gasteiger charge is 2.24. The van der Waals surface area contributed by atoms with E-state index in [-0.39, 0.29) is 12.2 Å². The van der Waals surface area contributed by atoms with Gasteiger partial charge in [0.1, 0.15) is 12.2 Å². The minimum absolute atomic E-state index is 0.284. The zero-order valence-electron chi connectivity index (χ0n) is 17.6. The van der Waals surface area contributed by atoms with Gasteiger partial charge in [-0.2, -0.15) is 0 Å². The van der Waals surface area contributed by atoms with E-state index < -0.39 is 11.8 Å². The van der Waals surface area contributed by atoms with Crippen molar-refractivity contribution in [3.63, 3.8) is 0 Å². The smallest absolute Gasteiger partial charge is 0.255 e. The highest BCUT2D eigenvalue weighted by atomic mass is 19.1. The second-order valence-electron chi connectivity index (χ2n) is 8.42. The van der Waals surface area contributed by atoms with Crippen LogP contribution in [0, 0.1) is 11.7 Å². The van der Waals surface area contributed by atoms with E-state index >= 15 is 0 Å². The molecule has 31 heavy (non-hydrogen) atoms. The van der Waals surface area contributed by atoms with Gasteiger partial charge in [0.2, 0.25) is 5.91 Å². The van der Waals surface area contributed by atoms with Gasteiger partial charge in [-0.3, -0.25) is 14.5 Å². The van der Waals surface area contributed by atoms with Crippen molar-refractivity contribution >= 4 is 34.3 Å². The Kier molecular flexibility index (Phi) is 6.60. The van der Waals surface area contributed by atoms with Gasteiger partial charge in [-0.1, -0.05) is 5.16 Å². The number of benzene rings is 1. The van der Waals surface area contributed by atoms with Crippen molar-refractivity contribution in [1.82, 2.24) is 10.1 Å². The number of piperazine rings is 1. The summed E-state index contributed by atoms with van der Waals surface area (Å²) >= 11 is 0. The highest BCUT2D eigenvalue weighted by Crippen LogP contribution is 2.28. The number of nitrogens with two attached hydrogens (primary N) is 1. The number of primary amides is 1. The number of anilines is 1. The Labute approximate surface area is 180 Å². The summed E-state index contributed by atoms with van der Waals surface area (Å²) < 4.78 is 18.9. The molecule has 0 atom stereocenters. The minimum Gasteiger partial charge on any atom is -0.369 e. The lowest BCUT2D eigenvalue weighted by molar-refractivity contribution is -0.125. The van der Waals surface area contributed by atoms with Gasteiger partial charge in [-0.25, -0.2) is 9.38 Å². The van der Waals surface area contributed by atoms with Crippen LogP contribution in [-0.4, -0.2) is 60.3 Å². The molecule has 0 bridgehead atoms. The van der Waals surface area contributed by atoms with Gasteiger partial charge < -0.3 is 15.2 Å². The van der Waals surface area contributed by atoms with E-state index in [1.807, 2.05) is 0 Å². The zero-order valence-corrected chi connectivity index (χ0v) is 17.6. The van der Waals surface area contributed by atoms with Crippen LogP contribution in [0.4, 0.5) is 10.2 Å². The summed E-state index contributed by atoms with van der Waals surface area (Å²) in [7, 11) is 0. The lowest BCUT2D eigenvalue weighted by Crippen LogP contribution is -2.47. The zero-order chi connectivity index (χ0) is 21.8. The Hall–Kier alpha value is -2.81. The third-order valence-corrected chi connectivity index (χ3v) is 6.23. The van der Waals surface area contributed by atoms with Crippen LogP contribution in [0.5, 0.6) is 0 Å². The number of rotatable bonds is 6.